The first-order valence-electron chi connectivity index (χ1n) is 6.15. The Hall–Kier alpha value is 0.440. The van der Waals surface area contributed by atoms with Gasteiger partial charge in [-0.3, -0.25) is 0 Å². The highest BCUT2D eigenvalue weighted by molar-refractivity contribution is 9.09. The van der Waals surface area contributed by atoms with E-state index in [0.29, 0.717) is 0 Å². The molecule has 0 N–H and O–H groups in total. The molecule has 0 atom stereocenters. The van der Waals surface area contributed by atoms with Crippen LogP contribution in [-0.4, -0.2) is 29.9 Å². The molecule has 1 aliphatic heterocycles. The fourth-order valence-corrected chi connectivity index (χ4v) is 2.73. The van der Waals surface area contributed by atoms with Gasteiger partial charge in [0.25, 0.3) is 0 Å². The van der Waals surface area contributed by atoms with E-state index in [1.54, 1.807) is 0 Å². The smallest absolute Gasteiger partial charge is 0.00317 e. The van der Waals surface area contributed by atoms with Crippen LogP contribution in [0.25, 0.3) is 0 Å². The van der Waals surface area contributed by atoms with E-state index in [-0.39, 0.29) is 0 Å². The molecule has 0 aliphatic carbocycles. The molecule has 1 rings (SSSR count). The van der Waals surface area contributed by atoms with Gasteiger partial charge in [0.05, 0.1) is 0 Å². The lowest BCUT2D eigenvalue weighted by atomic mass is 9.92. The molecule has 1 saturated heterocycles. The molecule has 0 aromatic rings. The fourth-order valence-electron chi connectivity index (χ4n) is 2.34. The van der Waals surface area contributed by atoms with Crippen molar-refractivity contribution in [3.63, 3.8) is 0 Å². The van der Waals surface area contributed by atoms with Gasteiger partial charge in [-0.15, -0.1) is 0 Å². The quantitative estimate of drug-likeness (QED) is 0.521. The Morgan fingerprint density at radius 1 is 1.21 bits per heavy atom. The van der Waals surface area contributed by atoms with Gasteiger partial charge in [-0.2, -0.15) is 0 Å². The summed E-state index contributed by atoms with van der Waals surface area (Å²) in [6.07, 6.45) is 8.41. The predicted molar refractivity (Wildman–Crippen MR) is 67.1 cm³/mol. The highest BCUT2D eigenvalue weighted by Crippen LogP contribution is 2.21. The van der Waals surface area contributed by atoms with E-state index >= 15 is 0 Å². The molecule has 84 valence electrons. The Balaban J connectivity index is 2.03. The van der Waals surface area contributed by atoms with Crippen LogP contribution < -0.4 is 0 Å². The second-order valence-electron chi connectivity index (χ2n) is 4.47. The van der Waals surface area contributed by atoms with Crippen LogP contribution in [-0.2, 0) is 0 Å². The van der Waals surface area contributed by atoms with Gasteiger partial charge >= 0.3 is 0 Å². The Kier molecular flexibility index (Phi) is 6.88. The minimum atomic E-state index is 1.03. The van der Waals surface area contributed by atoms with Crippen LogP contribution in [0.3, 0.4) is 0 Å². The molecule has 0 unspecified atom stereocenters. The number of likely N-dealkylation sites (tertiary alicyclic amines) is 1. The topological polar surface area (TPSA) is 3.24 Å². The summed E-state index contributed by atoms with van der Waals surface area (Å²) in [5.74, 6) is 1.03. The number of rotatable bonds is 6. The summed E-state index contributed by atoms with van der Waals surface area (Å²) in [6.45, 7) is 6.34. The molecule has 0 aromatic heterocycles. The van der Waals surface area contributed by atoms with Crippen molar-refractivity contribution in [3.8, 4) is 0 Å². The van der Waals surface area contributed by atoms with Gasteiger partial charge in [0.15, 0.2) is 0 Å². The standard InChI is InChI=1S/C12H24BrN/c1-2-5-12-6-10-14(11-7-12)9-4-3-8-13/h12H,2-11H2,1H3. The van der Waals surface area contributed by atoms with E-state index in [9.17, 15) is 0 Å². The summed E-state index contributed by atoms with van der Waals surface area (Å²) in [5.41, 5.74) is 0. The highest BCUT2D eigenvalue weighted by atomic mass is 79.9. The van der Waals surface area contributed by atoms with E-state index in [2.05, 4.69) is 27.8 Å². The number of halogens is 1. The van der Waals surface area contributed by atoms with Crippen LogP contribution in [0.1, 0.15) is 45.4 Å². The molecule has 1 fully saturated rings. The summed E-state index contributed by atoms with van der Waals surface area (Å²) in [5, 5.41) is 1.17. The zero-order chi connectivity index (χ0) is 10.2. The molecule has 1 nitrogen and oxygen atoms in total. The molecule has 1 aliphatic rings. The van der Waals surface area contributed by atoms with E-state index < -0.39 is 0 Å². The lowest BCUT2D eigenvalue weighted by Gasteiger charge is -2.31. The lowest BCUT2D eigenvalue weighted by Crippen LogP contribution is -2.34. The number of hydrogen-bond donors (Lipinski definition) is 0. The Bertz CT molecular complexity index is 130. The van der Waals surface area contributed by atoms with Crippen LogP contribution in [0.5, 0.6) is 0 Å². The monoisotopic (exact) mass is 261 g/mol. The van der Waals surface area contributed by atoms with Crippen molar-refractivity contribution < 1.29 is 0 Å². The molecule has 1 heterocycles. The molecular formula is C12H24BrN. The lowest BCUT2D eigenvalue weighted by molar-refractivity contribution is 0.177. The van der Waals surface area contributed by atoms with Crippen LogP contribution in [0.15, 0.2) is 0 Å². The van der Waals surface area contributed by atoms with Gasteiger partial charge in [-0.05, 0) is 51.2 Å². The third-order valence-electron chi connectivity index (χ3n) is 3.26. The summed E-state index contributed by atoms with van der Waals surface area (Å²) in [7, 11) is 0. The number of hydrogen-bond acceptors (Lipinski definition) is 1. The van der Waals surface area contributed by atoms with Gasteiger partial charge in [0.2, 0.25) is 0 Å². The number of piperidine rings is 1. The molecule has 0 saturated carbocycles. The molecule has 0 amide bonds. The second kappa shape index (κ2) is 7.70. The van der Waals surface area contributed by atoms with Crippen LogP contribution >= 0.6 is 15.9 Å². The first-order chi connectivity index (χ1) is 6.86. The Morgan fingerprint density at radius 2 is 1.93 bits per heavy atom. The van der Waals surface area contributed by atoms with Crippen molar-refractivity contribution in [2.75, 3.05) is 25.0 Å². The van der Waals surface area contributed by atoms with E-state index in [1.807, 2.05) is 0 Å². The van der Waals surface area contributed by atoms with Crippen LogP contribution in [0, 0.1) is 5.92 Å². The molecule has 0 radical (unpaired) electrons. The van der Waals surface area contributed by atoms with Crippen molar-refractivity contribution in [2.24, 2.45) is 5.92 Å². The normalized spacial score (nSPS) is 20.1. The van der Waals surface area contributed by atoms with Gasteiger partial charge < -0.3 is 4.90 Å². The highest BCUT2D eigenvalue weighted by Gasteiger charge is 2.17. The van der Waals surface area contributed by atoms with E-state index in [4.69, 9.17) is 0 Å². The van der Waals surface area contributed by atoms with Crippen molar-refractivity contribution >= 4 is 15.9 Å². The zero-order valence-electron chi connectivity index (χ0n) is 9.47. The minimum absolute atomic E-state index is 1.03. The van der Waals surface area contributed by atoms with Gasteiger partial charge in [0, 0.05) is 5.33 Å². The maximum absolute atomic E-state index is 3.49. The maximum Gasteiger partial charge on any atom is 0.00317 e. The first kappa shape index (κ1) is 12.5. The van der Waals surface area contributed by atoms with Crippen molar-refractivity contribution in [2.45, 2.75) is 45.4 Å². The minimum Gasteiger partial charge on any atom is -0.303 e. The predicted octanol–water partition coefficient (Wildman–Crippen LogP) is 3.67. The third kappa shape index (κ3) is 4.79. The largest absolute Gasteiger partial charge is 0.303 e. The average molecular weight is 262 g/mol. The fraction of sp³-hybridized carbons (Fsp3) is 1.00. The summed E-state index contributed by atoms with van der Waals surface area (Å²) in [6, 6.07) is 0. The summed E-state index contributed by atoms with van der Waals surface area (Å²) >= 11 is 3.49. The SMILES string of the molecule is CCCC1CCN(CCCCBr)CC1. The average Bonchev–Trinajstić information content (AvgIpc) is 2.21. The molecule has 0 bridgehead atoms. The third-order valence-corrected chi connectivity index (χ3v) is 3.82. The Labute approximate surface area is 97.4 Å². The summed E-state index contributed by atoms with van der Waals surface area (Å²) < 4.78 is 0. The maximum atomic E-state index is 3.49. The molecule has 2 heteroatoms. The van der Waals surface area contributed by atoms with E-state index in [0.717, 1.165) is 5.92 Å². The number of unbranched alkanes of at least 4 members (excludes halogenated alkanes) is 1. The van der Waals surface area contributed by atoms with Crippen LogP contribution in [0.4, 0.5) is 0 Å². The molecule has 0 spiro atoms. The van der Waals surface area contributed by atoms with Gasteiger partial charge in [0.1, 0.15) is 0 Å². The van der Waals surface area contributed by atoms with Crippen molar-refractivity contribution in [3.05, 3.63) is 0 Å². The second-order valence-corrected chi connectivity index (χ2v) is 5.26. The Morgan fingerprint density at radius 3 is 2.50 bits per heavy atom. The van der Waals surface area contributed by atoms with Crippen molar-refractivity contribution in [1.29, 1.82) is 0 Å². The molecule has 0 aromatic carbocycles. The molecular weight excluding hydrogens is 238 g/mol. The molecule has 14 heavy (non-hydrogen) atoms. The van der Waals surface area contributed by atoms with Crippen LogP contribution in [0.2, 0.25) is 0 Å². The number of alkyl halides is 1. The number of nitrogens with zero attached hydrogens (tertiary/aromatic N) is 1. The van der Waals surface area contributed by atoms with Gasteiger partial charge in [-0.1, -0.05) is 35.7 Å². The zero-order valence-corrected chi connectivity index (χ0v) is 11.1. The summed E-state index contributed by atoms with van der Waals surface area (Å²) in [4.78, 5) is 2.65. The van der Waals surface area contributed by atoms with Crippen molar-refractivity contribution in [1.82, 2.24) is 4.90 Å². The van der Waals surface area contributed by atoms with Gasteiger partial charge in [-0.25, -0.2) is 0 Å². The first-order valence-corrected chi connectivity index (χ1v) is 7.27. The van der Waals surface area contributed by atoms with E-state index in [1.165, 1.54) is 63.5 Å².